The second-order valence-corrected chi connectivity index (χ2v) is 3.54. The van der Waals surface area contributed by atoms with Crippen LogP contribution in [-0.2, 0) is 0 Å². The number of carbonyl (C=O) groups is 1. The first-order valence-corrected chi connectivity index (χ1v) is 5.26. The summed E-state index contributed by atoms with van der Waals surface area (Å²) in [6.07, 6.45) is 0. The molecule has 7 heteroatoms. The molecule has 0 atom stereocenters. The molecular weight excluding hydrogens is 248 g/mol. The van der Waals surface area contributed by atoms with Gasteiger partial charge in [-0.15, -0.1) is 0 Å². The van der Waals surface area contributed by atoms with Crippen molar-refractivity contribution in [1.29, 1.82) is 5.26 Å². The molecule has 0 spiro atoms. The highest BCUT2D eigenvalue weighted by atomic mass is 16.5. The Morgan fingerprint density at radius 1 is 1.37 bits per heavy atom. The van der Waals surface area contributed by atoms with E-state index in [9.17, 15) is 4.79 Å². The number of nitriles is 1. The first kappa shape index (κ1) is 12.4. The van der Waals surface area contributed by atoms with E-state index in [0.717, 1.165) is 0 Å². The van der Waals surface area contributed by atoms with Gasteiger partial charge >= 0.3 is 5.97 Å². The van der Waals surface area contributed by atoms with Gasteiger partial charge in [0.15, 0.2) is 11.4 Å². The van der Waals surface area contributed by atoms with Crippen LogP contribution in [0.1, 0.15) is 16.2 Å². The number of nitrogen functional groups attached to an aromatic ring is 1. The van der Waals surface area contributed by atoms with Gasteiger partial charge in [0.05, 0.1) is 7.11 Å². The summed E-state index contributed by atoms with van der Waals surface area (Å²) in [6.45, 7) is 0. The Balaban J connectivity index is 2.16. The minimum absolute atomic E-state index is 0.0268. The van der Waals surface area contributed by atoms with Gasteiger partial charge in [-0.3, -0.25) is 5.10 Å². The molecule has 19 heavy (non-hydrogen) atoms. The van der Waals surface area contributed by atoms with Crippen LogP contribution in [0.5, 0.6) is 11.5 Å². The molecule has 7 nitrogen and oxygen atoms in total. The molecule has 0 radical (unpaired) electrons. The summed E-state index contributed by atoms with van der Waals surface area (Å²) in [7, 11) is 1.54. The number of aromatic amines is 1. The Kier molecular flexibility index (Phi) is 3.34. The van der Waals surface area contributed by atoms with E-state index < -0.39 is 5.97 Å². The Labute approximate surface area is 108 Å². The summed E-state index contributed by atoms with van der Waals surface area (Å²) in [5, 5.41) is 14.6. The molecule has 1 aromatic heterocycles. The lowest BCUT2D eigenvalue weighted by Gasteiger charge is -2.04. The van der Waals surface area contributed by atoms with E-state index in [1.165, 1.54) is 7.11 Å². The molecule has 0 amide bonds. The third-order valence-electron chi connectivity index (χ3n) is 2.38. The maximum atomic E-state index is 11.8. The highest BCUT2D eigenvalue weighted by Crippen LogP contribution is 2.20. The zero-order chi connectivity index (χ0) is 13.8. The van der Waals surface area contributed by atoms with E-state index in [1.54, 1.807) is 30.3 Å². The molecule has 0 fully saturated rings. The van der Waals surface area contributed by atoms with Crippen LogP contribution in [0.25, 0.3) is 0 Å². The molecular formula is C12H10N4O3. The van der Waals surface area contributed by atoms with Crippen molar-refractivity contribution in [3.8, 4) is 17.6 Å². The van der Waals surface area contributed by atoms with E-state index in [4.69, 9.17) is 20.5 Å². The molecule has 2 rings (SSSR count). The van der Waals surface area contributed by atoms with Gasteiger partial charge in [-0.25, -0.2) is 4.79 Å². The summed E-state index contributed by atoms with van der Waals surface area (Å²) in [5.74, 6) is 0.266. The van der Waals surface area contributed by atoms with Crippen LogP contribution in [0.3, 0.4) is 0 Å². The van der Waals surface area contributed by atoms with E-state index in [-0.39, 0.29) is 17.1 Å². The van der Waals surface area contributed by atoms with Crippen LogP contribution in [0.4, 0.5) is 5.69 Å². The fraction of sp³-hybridized carbons (Fsp3) is 0.0833. The summed E-state index contributed by atoms with van der Waals surface area (Å²) in [5.41, 5.74) is 5.46. The second-order valence-electron chi connectivity index (χ2n) is 3.54. The van der Waals surface area contributed by atoms with Crippen molar-refractivity contribution in [2.75, 3.05) is 12.8 Å². The molecule has 2 aromatic rings. The second kappa shape index (κ2) is 5.10. The van der Waals surface area contributed by atoms with Crippen molar-refractivity contribution in [3.63, 3.8) is 0 Å². The van der Waals surface area contributed by atoms with Crippen LogP contribution < -0.4 is 15.2 Å². The molecule has 96 valence electrons. The van der Waals surface area contributed by atoms with Crippen LogP contribution in [-0.4, -0.2) is 23.3 Å². The predicted octanol–water partition coefficient (Wildman–Crippen LogP) is 1.09. The van der Waals surface area contributed by atoms with Crippen molar-refractivity contribution >= 4 is 11.7 Å². The Bertz CT molecular complexity index is 640. The summed E-state index contributed by atoms with van der Waals surface area (Å²) >= 11 is 0. The number of methoxy groups -OCH3 is 1. The third-order valence-corrected chi connectivity index (χ3v) is 2.38. The molecule has 0 aliphatic carbocycles. The number of ether oxygens (including phenoxy) is 2. The van der Waals surface area contributed by atoms with Crippen molar-refractivity contribution < 1.29 is 14.3 Å². The third kappa shape index (κ3) is 2.47. The van der Waals surface area contributed by atoms with E-state index in [0.29, 0.717) is 11.5 Å². The zero-order valence-corrected chi connectivity index (χ0v) is 10.0. The Hall–Kier alpha value is -3.01. The summed E-state index contributed by atoms with van der Waals surface area (Å²) < 4.78 is 10.1. The number of nitrogens with one attached hydrogen (secondary N) is 1. The Morgan fingerprint density at radius 2 is 2.00 bits per heavy atom. The molecule has 1 heterocycles. The van der Waals surface area contributed by atoms with Gasteiger partial charge in [-0.2, -0.15) is 10.4 Å². The quantitative estimate of drug-likeness (QED) is 0.629. The van der Waals surface area contributed by atoms with Gasteiger partial charge in [0, 0.05) is 0 Å². The highest BCUT2D eigenvalue weighted by Gasteiger charge is 2.18. The van der Waals surface area contributed by atoms with Gasteiger partial charge in [0.1, 0.15) is 23.3 Å². The molecule has 0 aliphatic rings. The normalized spacial score (nSPS) is 9.68. The van der Waals surface area contributed by atoms with Crippen molar-refractivity contribution in [2.45, 2.75) is 0 Å². The largest absolute Gasteiger partial charge is 0.497 e. The predicted molar refractivity (Wildman–Crippen MR) is 65.7 cm³/mol. The minimum Gasteiger partial charge on any atom is -0.497 e. The van der Waals surface area contributed by atoms with Gasteiger partial charge in [0.25, 0.3) is 0 Å². The topological polar surface area (TPSA) is 114 Å². The van der Waals surface area contributed by atoms with E-state index in [1.807, 2.05) is 0 Å². The van der Waals surface area contributed by atoms with Gasteiger partial charge in [0.2, 0.25) is 0 Å². The number of benzene rings is 1. The van der Waals surface area contributed by atoms with Crippen molar-refractivity contribution in [1.82, 2.24) is 10.2 Å². The average Bonchev–Trinajstić information content (AvgIpc) is 2.80. The molecule has 1 aromatic carbocycles. The first-order valence-electron chi connectivity index (χ1n) is 5.26. The standard InChI is InChI=1S/C12H10N4O3/c1-18-7-2-4-8(5-3-7)19-12(17)11-10(14)9(6-13)15-16-11/h2-5H,14H2,1H3,(H,15,16). The van der Waals surface area contributed by atoms with Gasteiger partial charge in [-0.05, 0) is 24.3 Å². The lowest BCUT2D eigenvalue weighted by molar-refractivity contribution is 0.0729. The monoisotopic (exact) mass is 258 g/mol. The molecule has 3 N–H and O–H groups in total. The maximum absolute atomic E-state index is 11.8. The summed E-state index contributed by atoms with van der Waals surface area (Å²) in [4.78, 5) is 11.8. The lowest BCUT2D eigenvalue weighted by atomic mass is 10.3. The van der Waals surface area contributed by atoms with Crippen molar-refractivity contribution in [3.05, 3.63) is 35.7 Å². The number of hydrogen-bond acceptors (Lipinski definition) is 6. The molecule has 0 bridgehead atoms. The number of aromatic nitrogens is 2. The number of rotatable bonds is 3. The minimum atomic E-state index is -0.711. The van der Waals surface area contributed by atoms with Gasteiger partial charge < -0.3 is 15.2 Å². The lowest BCUT2D eigenvalue weighted by Crippen LogP contribution is -2.11. The van der Waals surface area contributed by atoms with Gasteiger partial charge in [-0.1, -0.05) is 0 Å². The number of anilines is 1. The number of hydrogen-bond donors (Lipinski definition) is 2. The number of esters is 1. The number of nitrogens with two attached hydrogens (primary N) is 1. The smallest absolute Gasteiger partial charge is 0.363 e. The van der Waals surface area contributed by atoms with Crippen LogP contribution in [0.2, 0.25) is 0 Å². The molecule has 0 saturated carbocycles. The SMILES string of the molecule is COc1ccc(OC(=O)c2[nH]nc(C#N)c2N)cc1. The number of carbonyl (C=O) groups excluding carboxylic acids is 1. The maximum Gasteiger partial charge on any atom is 0.363 e. The van der Waals surface area contributed by atoms with Crippen molar-refractivity contribution in [2.24, 2.45) is 0 Å². The van der Waals surface area contributed by atoms with Crippen LogP contribution in [0, 0.1) is 11.3 Å². The molecule has 0 aliphatic heterocycles. The van der Waals surface area contributed by atoms with Crippen LogP contribution in [0.15, 0.2) is 24.3 Å². The van der Waals surface area contributed by atoms with E-state index >= 15 is 0 Å². The first-order chi connectivity index (χ1) is 9.15. The fourth-order valence-electron chi connectivity index (χ4n) is 1.39. The number of nitrogens with zero attached hydrogens (tertiary/aromatic N) is 2. The number of H-pyrrole nitrogens is 1. The highest BCUT2D eigenvalue weighted by molar-refractivity contribution is 5.95. The zero-order valence-electron chi connectivity index (χ0n) is 10.0. The molecule has 0 unspecified atom stereocenters. The average molecular weight is 258 g/mol. The molecule has 0 saturated heterocycles. The fourth-order valence-corrected chi connectivity index (χ4v) is 1.39. The van der Waals surface area contributed by atoms with Crippen LogP contribution >= 0.6 is 0 Å². The Morgan fingerprint density at radius 3 is 2.53 bits per heavy atom. The summed E-state index contributed by atoms with van der Waals surface area (Å²) in [6, 6.07) is 8.22. The van der Waals surface area contributed by atoms with E-state index in [2.05, 4.69) is 10.2 Å².